The number of aliphatic hydroxyl groups is 2. The molecule has 0 radical (unpaired) electrons. The summed E-state index contributed by atoms with van der Waals surface area (Å²) < 4.78 is 37.3. The summed E-state index contributed by atoms with van der Waals surface area (Å²) in [6, 6.07) is 11.2. The van der Waals surface area contributed by atoms with Gasteiger partial charge in [0.05, 0.1) is 18.4 Å². The van der Waals surface area contributed by atoms with Crippen LogP contribution in [0.4, 0.5) is 5.82 Å². The van der Waals surface area contributed by atoms with Gasteiger partial charge in [-0.2, -0.15) is 15.4 Å². The minimum absolute atomic E-state index is 0.0530. The van der Waals surface area contributed by atoms with Gasteiger partial charge in [-0.3, -0.25) is 9.32 Å². The Morgan fingerprint density at radius 2 is 2.02 bits per heavy atom. The Labute approximate surface area is 239 Å². The molecule has 0 saturated carbocycles. The van der Waals surface area contributed by atoms with E-state index in [1.807, 2.05) is 6.07 Å². The zero-order chi connectivity index (χ0) is 30.7. The zero-order valence-electron chi connectivity index (χ0n) is 22.6. The first-order chi connectivity index (χ1) is 19.9. The van der Waals surface area contributed by atoms with E-state index in [9.17, 15) is 30.4 Å². The van der Waals surface area contributed by atoms with Crippen LogP contribution in [0.15, 0.2) is 53.9 Å². The maximum absolute atomic E-state index is 13.9. The van der Waals surface area contributed by atoms with Gasteiger partial charge in [-0.05, 0) is 50.6 Å². The number of hydrogen-bond acceptors (Lipinski definition) is 13. The lowest BCUT2D eigenvalue weighted by atomic mass is 9.91. The van der Waals surface area contributed by atoms with Crippen LogP contribution in [0.2, 0.25) is 0 Å². The van der Waals surface area contributed by atoms with Crippen LogP contribution >= 0.6 is 7.75 Å². The Kier molecular flexibility index (Phi) is 8.71. The summed E-state index contributed by atoms with van der Waals surface area (Å²) in [5, 5.41) is 42.5. The van der Waals surface area contributed by atoms with Crippen LogP contribution in [0.1, 0.15) is 26.5 Å². The molecule has 0 spiro atoms. The molecule has 17 nitrogen and oxygen atoms in total. The van der Waals surface area contributed by atoms with Crippen LogP contribution in [0, 0.1) is 11.3 Å². The van der Waals surface area contributed by atoms with E-state index in [2.05, 4.69) is 25.2 Å². The molecule has 3 heterocycles. The highest BCUT2D eigenvalue weighted by molar-refractivity contribution is 7.52. The van der Waals surface area contributed by atoms with Gasteiger partial charge in [0.1, 0.15) is 41.9 Å². The molecule has 1 saturated heterocycles. The summed E-state index contributed by atoms with van der Waals surface area (Å²) in [6.07, 6.45) is -3.49. The summed E-state index contributed by atoms with van der Waals surface area (Å²) in [5.41, 5.74) is 10.5. The van der Waals surface area contributed by atoms with Crippen LogP contribution in [0.3, 0.4) is 0 Å². The fraction of sp³-hybridized carbons (Fsp3) is 0.417. The van der Waals surface area contributed by atoms with Crippen molar-refractivity contribution < 1.29 is 38.1 Å². The first-order valence-corrected chi connectivity index (χ1v) is 14.0. The quantitative estimate of drug-likeness (QED) is 0.0806. The van der Waals surface area contributed by atoms with Gasteiger partial charge in [0.15, 0.2) is 5.82 Å². The number of para-hydroxylation sites is 1. The van der Waals surface area contributed by atoms with Crippen LogP contribution in [0.5, 0.6) is 5.75 Å². The lowest BCUT2D eigenvalue weighted by Crippen LogP contribution is -2.46. The molecule has 1 unspecified atom stereocenters. The van der Waals surface area contributed by atoms with Gasteiger partial charge in [-0.25, -0.2) is 14.1 Å². The number of nitrogens with two attached hydrogens (primary N) is 1. The molecule has 1 fully saturated rings. The number of ether oxygens (including phenoxy) is 2. The Bertz CT molecular complexity index is 1590. The van der Waals surface area contributed by atoms with E-state index in [1.54, 1.807) is 32.0 Å². The van der Waals surface area contributed by atoms with E-state index >= 15 is 0 Å². The van der Waals surface area contributed by atoms with E-state index in [1.165, 1.54) is 35.7 Å². The second-order valence-corrected chi connectivity index (χ2v) is 11.2. The maximum Gasteiger partial charge on any atom is 0.459 e. The van der Waals surface area contributed by atoms with Crippen molar-refractivity contribution in [2.45, 2.75) is 56.5 Å². The van der Waals surface area contributed by atoms with E-state index < -0.39 is 56.0 Å². The molecular weight excluding hydrogens is 573 g/mol. The molecule has 1 aliphatic heterocycles. The number of benzene rings is 1. The molecule has 5 N–H and O–H groups in total. The monoisotopic (exact) mass is 601 g/mol. The summed E-state index contributed by atoms with van der Waals surface area (Å²) >= 11 is 0. The number of nitriles is 1. The van der Waals surface area contributed by atoms with Gasteiger partial charge in [-0.1, -0.05) is 23.3 Å². The van der Waals surface area contributed by atoms with Crippen molar-refractivity contribution in [3.63, 3.8) is 0 Å². The number of aromatic nitrogens is 3. The fourth-order valence-corrected chi connectivity index (χ4v) is 5.78. The number of aliphatic hydroxyl groups excluding tert-OH is 2. The largest absolute Gasteiger partial charge is 0.462 e. The van der Waals surface area contributed by atoms with Crippen molar-refractivity contribution in [3.8, 4) is 11.8 Å². The number of esters is 1. The minimum Gasteiger partial charge on any atom is -0.462 e. The number of nitrogens with zero attached hydrogens (tertiary/aromatic N) is 7. The number of hydrogen-bond donors (Lipinski definition) is 4. The lowest BCUT2D eigenvalue weighted by molar-refractivity contribution is -0.149. The molecule has 4 rings (SSSR count). The number of anilines is 1. The SMILES string of the molecule is CC(C)OC(=O)[C@H](C)NP(=O)(OC[C@@]1(N=[N+]=[N-])O[C@@](C#N)(c2ccc3c(N)ncnn23)[C@H](O)[C@@H]1O)Oc1ccccc1. The molecule has 18 heteroatoms. The van der Waals surface area contributed by atoms with Crippen LogP contribution in [-0.2, 0) is 29.0 Å². The molecule has 42 heavy (non-hydrogen) atoms. The number of azide groups is 1. The summed E-state index contributed by atoms with van der Waals surface area (Å²) in [5.74, 6) is -0.642. The van der Waals surface area contributed by atoms with Crippen molar-refractivity contribution in [2.24, 2.45) is 5.11 Å². The highest BCUT2D eigenvalue weighted by Crippen LogP contribution is 2.50. The molecule has 0 aliphatic carbocycles. The second-order valence-electron chi connectivity index (χ2n) is 9.55. The highest BCUT2D eigenvalue weighted by Gasteiger charge is 2.65. The molecule has 0 bridgehead atoms. The highest BCUT2D eigenvalue weighted by atomic mass is 31.2. The summed E-state index contributed by atoms with van der Waals surface area (Å²) in [6.45, 7) is 3.60. The number of fused-ring (bicyclic) bond motifs is 1. The van der Waals surface area contributed by atoms with Gasteiger partial charge < -0.3 is 29.9 Å². The van der Waals surface area contributed by atoms with Crippen LogP contribution in [0.25, 0.3) is 16.0 Å². The predicted molar refractivity (Wildman–Crippen MR) is 144 cm³/mol. The van der Waals surface area contributed by atoms with Crippen molar-refractivity contribution in [1.29, 1.82) is 5.26 Å². The van der Waals surface area contributed by atoms with Gasteiger partial charge in [0, 0.05) is 4.91 Å². The van der Waals surface area contributed by atoms with Gasteiger partial charge in [0.25, 0.3) is 0 Å². The van der Waals surface area contributed by atoms with Crippen LogP contribution in [-0.4, -0.2) is 67.5 Å². The van der Waals surface area contributed by atoms with Gasteiger partial charge in [0.2, 0.25) is 11.3 Å². The van der Waals surface area contributed by atoms with Crippen molar-refractivity contribution in [1.82, 2.24) is 19.7 Å². The third-order valence-electron chi connectivity index (χ3n) is 6.23. The Morgan fingerprint density at radius 1 is 1.31 bits per heavy atom. The molecule has 0 amide bonds. The second kappa shape index (κ2) is 11.9. The normalized spacial score (nSPS) is 25.7. The standard InChI is InChI=1S/C24H28N9O8P/c1-14(2)39-22(36)15(3)30-42(37,40-16-7-5-4-6-8-16)38-12-24(31-32-27)20(35)19(34)23(11-25,41-24)18-10-9-17-21(26)28-13-29-33(17)18/h4-10,13-15,19-20,34-35H,12H2,1-3H3,(H,30,37)(H2,26,28,29)/t15-,19+,20-,23-,24+,42?/m0/s1. The van der Waals surface area contributed by atoms with Crippen molar-refractivity contribution in [2.75, 3.05) is 12.3 Å². The van der Waals surface area contributed by atoms with Crippen LogP contribution < -0.4 is 15.3 Å². The first-order valence-electron chi connectivity index (χ1n) is 12.5. The number of nitrogens with one attached hydrogen (secondary N) is 1. The Hall–Kier alpha value is -4.26. The van der Waals surface area contributed by atoms with E-state index in [4.69, 9.17) is 24.3 Å². The third-order valence-corrected chi connectivity index (χ3v) is 7.85. The Balaban J connectivity index is 1.70. The van der Waals surface area contributed by atoms with E-state index in [-0.39, 0.29) is 22.8 Å². The minimum atomic E-state index is -4.55. The average molecular weight is 602 g/mol. The first kappa shape index (κ1) is 30.7. The molecule has 3 aromatic rings. The van der Waals surface area contributed by atoms with Gasteiger partial charge >= 0.3 is 13.7 Å². The summed E-state index contributed by atoms with van der Waals surface area (Å²) in [4.78, 5) is 19.0. The number of nitrogen functional groups attached to an aromatic ring is 1. The number of rotatable bonds is 11. The molecule has 222 valence electrons. The molecule has 1 aromatic carbocycles. The molecular formula is C24H28N9O8P. The lowest BCUT2D eigenvalue weighted by Gasteiger charge is -2.30. The number of carbonyl (C=O) groups excluding carboxylic acids is 1. The smallest absolute Gasteiger partial charge is 0.459 e. The van der Waals surface area contributed by atoms with Gasteiger partial charge in [-0.15, -0.1) is 0 Å². The molecule has 1 aliphatic rings. The summed E-state index contributed by atoms with van der Waals surface area (Å²) in [7, 11) is -4.55. The zero-order valence-corrected chi connectivity index (χ0v) is 23.5. The maximum atomic E-state index is 13.9. The predicted octanol–water partition coefficient (Wildman–Crippen LogP) is 1.92. The van der Waals surface area contributed by atoms with Crippen molar-refractivity contribution in [3.05, 3.63) is 64.9 Å². The molecule has 6 atom stereocenters. The third kappa shape index (κ3) is 5.73. The van der Waals surface area contributed by atoms with E-state index in [0.29, 0.717) is 0 Å². The Morgan fingerprint density at radius 3 is 2.67 bits per heavy atom. The fourth-order valence-electron chi connectivity index (χ4n) is 4.26. The molecule has 2 aromatic heterocycles. The van der Waals surface area contributed by atoms with Crippen molar-refractivity contribution >= 4 is 25.1 Å². The average Bonchev–Trinajstić information content (AvgIpc) is 3.48. The topological polar surface area (TPSA) is 252 Å². The number of carbonyl (C=O) groups is 1. The van der Waals surface area contributed by atoms with E-state index in [0.717, 1.165) is 6.33 Å².